The van der Waals surface area contributed by atoms with Crippen molar-refractivity contribution >= 4 is 73.3 Å². The highest BCUT2D eigenvalue weighted by atomic mass is 79.9. The van der Waals surface area contributed by atoms with Crippen molar-refractivity contribution in [3.63, 3.8) is 0 Å². The molecule has 0 atom stereocenters. The zero-order valence-electron chi connectivity index (χ0n) is 26.4. The summed E-state index contributed by atoms with van der Waals surface area (Å²) >= 11 is 16.8. The van der Waals surface area contributed by atoms with Gasteiger partial charge >= 0.3 is 0 Å². The van der Waals surface area contributed by atoms with Crippen LogP contribution in [0.4, 0.5) is 34.1 Å². The standard InChI is InChI=1S/C39H39BrCl2N2/c1-26-24-35(43(33-20-12-29(41)13-21-33)31-16-8-27(9-17-31)38(2,3)4)37(40)36(25-26)44(34-22-14-30(42)15-23-34)32-18-10-28(11-19-32)39(5,6)7/h8-25H,1-7H3. The molecule has 0 aliphatic carbocycles. The highest BCUT2D eigenvalue weighted by Crippen LogP contribution is 2.48. The minimum absolute atomic E-state index is 0.0579. The van der Waals surface area contributed by atoms with Crippen molar-refractivity contribution in [2.45, 2.75) is 59.3 Å². The summed E-state index contributed by atoms with van der Waals surface area (Å²) in [7, 11) is 0. The lowest BCUT2D eigenvalue weighted by molar-refractivity contribution is 0.590. The molecule has 5 aromatic rings. The summed E-state index contributed by atoms with van der Waals surface area (Å²) in [6.07, 6.45) is 0. The van der Waals surface area contributed by atoms with Crippen molar-refractivity contribution in [3.8, 4) is 0 Å². The Balaban J connectivity index is 1.72. The number of hydrogen-bond acceptors (Lipinski definition) is 2. The smallest absolute Gasteiger partial charge is 0.0657 e. The lowest BCUT2D eigenvalue weighted by Gasteiger charge is -2.32. The Morgan fingerprint density at radius 3 is 1.02 bits per heavy atom. The molecule has 0 unspecified atom stereocenters. The number of halogens is 3. The molecule has 0 bridgehead atoms. The van der Waals surface area contributed by atoms with Gasteiger partial charge in [0.1, 0.15) is 0 Å². The van der Waals surface area contributed by atoms with E-state index in [0.29, 0.717) is 10.0 Å². The number of hydrogen-bond donors (Lipinski definition) is 0. The second-order valence-corrected chi connectivity index (χ2v) is 15.0. The summed E-state index contributed by atoms with van der Waals surface area (Å²) in [5, 5.41) is 1.40. The fraction of sp³-hybridized carbons (Fsp3) is 0.231. The van der Waals surface area contributed by atoms with Gasteiger partial charge in [0.15, 0.2) is 0 Å². The number of anilines is 6. The van der Waals surface area contributed by atoms with E-state index in [4.69, 9.17) is 23.2 Å². The van der Waals surface area contributed by atoms with E-state index in [9.17, 15) is 0 Å². The Morgan fingerprint density at radius 2 is 0.750 bits per heavy atom. The van der Waals surface area contributed by atoms with Gasteiger partial charge in [0, 0.05) is 32.8 Å². The van der Waals surface area contributed by atoms with E-state index in [2.05, 4.69) is 159 Å². The molecule has 5 aromatic carbocycles. The van der Waals surface area contributed by atoms with Crippen LogP contribution in [0.3, 0.4) is 0 Å². The first-order chi connectivity index (χ1) is 20.7. The maximum atomic E-state index is 6.34. The first kappa shape index (κ1) is 32.2. The Morgan fingerprint density at radius 1 is 0.477 bits per heavy atom. The maximum Gasteiger partial charge on any atom is 0.0657 e. The largest absolute Gasteiger partial charge is 0.309 e. The quantitative estimate of drug-likeness (QED) is 0.175. The van der Waals surface area contributed by atoms with E-state index in [0.717, 1.165) is 44.2 Å². The van der Waals surface area contributed by atoms with Crippen LogP contribution in [0.15, 0.2) is 114 Å². The Hall–Kier alpha value is -3.24. The van der Waals surface area contributed by atoms with Gasteiger partial charge in [0.25, 0.3) is 0 Å². The third-order valence-corrected chi connectivity index (χ3v) is 9.13. The Bertz CT molecular complexity index is 1600. The third-order valence-electron chi connectivity index (χ3n) is 7.81. The van der Waals surface area contributed by atoms with Crippen LogP contribution in [0, 0.1) is 6.92 Å². The normalized spacial score (nSPS) is 11.9. The maximum absolute atomic E-state index is 6.34. The molecule has 2 nitrogen and oxygen atoms in total. The topological polar surface area (TPSA) is 6.48 Å². The SMILES string of the molecule is Cc1cc(N(c2ccc(Cl)cc2)c2ccc(C(C)(C)C)cc2)c(Br)c(N(c2ccc(Cl)cc2)c2ccc(C(C)(C)C)cc2)c1. The Kier molecular flexibility index (Phi) is 9.23. The molecule has 0 aliphatic rings. The second-order valence-electron chi connectivity index (χ2n) is 13.3. The van der Waals surface area contributed by atoms with Gasteiger partial charge in [-0.05, 0) is 135 Å². The van der Waals surface area contributed by atoms with E-state index >= 15 is 0 Å². The molecule has 0 heterocycles. The van der Waals surface area contributed by atoms with Gasteiger partial charge in [-0.1, -0.05) is 89.0 Å². The molecule has 0 amide bonds. The monoisotopic (exact) mass is 684 g/mol. The predicted molar refractivity (Wildman–Crippen MR) is 196 cm³/mol. The van der Waals surface area contributed by atoms with E-state index in [1.807, 2.05) is 24.3 Å². The molecular weight excluding hydrogens is 647 g/mol. The van der Waals surface area contributed by atoms with E-state index < -0.39 is 0 Å². The summed E-state index contributed by atoms with van der Waals surface area (Å²) in [5.41, 5.74) is 10.0. The molecule has 0 spiro atoms. The van der Waals surface area contributed by atoms with Crippen molar-refractivity contribution in [1.29, 1.82) is 0 Å². The number of benzene rings is 5. The van der Waals surface area contributed by atoms with E-state index in [1.165, 1.54) is 11.1 Å². The average Bonchev–Trinajstić information content (AvgIpc) is 2.97. The molecule has 5 rings (SSSR count). The molecule has 0 aromatic heterocycles. The lowest BCUT2D eigenvalue weighted by Crippen LogP contribution is -2.16. The van der Waals surface area contributed by atoms with Gasteiger partial charge in [-0.3, -0.25) is 0 Å². The Labute approximate surface area is 281 Å². The first-order valence-electron chi connectivity index (χ1n) is 14.8. The average molecular weight is 687 g/mol. The van der Waals surface area contributed by atoms with Gasteiger partial charge in [-0.25, -0.2) is 0 Å². The fourth-order valence-corrected chi connectivity index (χ4v) is 6.15. The van der Waals surface area contributed by atoms with Crippen molar-refractivity contribution in [2.24, 2.45) is 0 Å². The van der Waals surface area contributed by atoms with Crippen molar-refractivity contribution in [2.75, 3.05) is 9.80 Å². The fourth-order valence-electron chi connectivity index (χ4n) is 5.31. The van der Waals surface area contributed by atoms with Gasteiger partial charge in [0.2, 0.25) is 0 Å². The summed E-state index contributed by atoms with van der Waals surface area (Å²) in [4.78, 5) is 4.57. The molecule has 0 radical (unpaired) electrons. The van der Waals surface area contributed by atoms with Crippen LogP contribution in [0.2, 0.25) is 10.0 Å². The number of aryl methyl sites for hydroxylation is 1. The van der Waals surface area contributed by atoms with Gasteiger partial charge in [-0.15, -0.1) is 0 Å². The highest BCUT2D eigenvalue weighted by molar-refractivity contribution is 9.10. The second kappa shape index (κ2) is 12.6. The molecule has 0 saturated carbocycles. The summed E-state index contributed by atoms with van der Waals surface area (Å²) in [6, 6.07) is 38.2. The first-order valence-corrected chi connectivity index (χ1v) is 16.4. The van der Waals surface area contributed by atoms with Crippen LogP contribution < -0.4 is 9.80 Å². The van der Waals surface area contributed by atoms with Crippen LogP contribution in [-0.2, 0) is 10.8 Å². The van der Waals surface area contributed by atoms with Crippen LogP contribution in [0.5, 0.6) is 0 Å². The van der Waals surface area contributed by atoms with Crippen molar-refractivity contribution in [1.82, 2.24) is 0 Å². The molecule has 0 N–H and O–H groups in total. The van der Waals surface area contributed by atoms with E-state index in [-0.39, 0.29) is 10.8 Å². The summed E-state index contributed by atoms with van der Waals surface area (Å²) < 4.78 is 0.966. The molecule has 5 heteroatoms. The summed E-state index contributed by atoms with van der Waals surface area (Å²) in [6.45, 7) is 15.6. The number of nitrogens with zero attached hydrogens (tertiary/aromatic N) is 2. The molecule has 0 aliphatic heterocycles. The van der Waals surface area contributed by atoms with Gasteiger partial charge in [0.05, 0.1) is 15.8 Å². The highest BCUT2D eigenvalue weighted by Gasteiger charge is 2.24. The molecule has 0 saturated heterocycles. The molecular formula is C39H39BrCl2N2. The molecule has 0 fully saturated rings. The lowest BCUT2D eigenvalue weighted by atomic mass is 9.87. The van der Waals surface area contributed by atoms with Crippen molar-refractivity contribution < 1.29 is 0 Å². The predicted octanol–water partition coefficient (Wildman–Crippen LogP) is 13.6. The van der Waals surface area contributed by atoms with Gasteiger partial charge in [-0.2, -0.15) is 0 Å². The zero-order valence-corrected chi connectivity index (χ0v) is 29.5. The minimum Gasteiger partial charge on any atom is -0.309 e. The van der Waals surface area contributed by atoms with Crippen LogP contribution in [0.25, 0.3) is 0 Å². The minimum atomic E-state index is 0.0579. The van der Waals surface area contributed by atoms with Crippen LogP contribution in [-0.4, -0.2) is 0 Å². The van der Waals surface area contributed by atoms with Crippen molar-refractivity contribution in [3.05, 3.63) is 140 Å². The van der Waals surface area contributed by atoms with Crippen LogP contribution >= 0.6 is 39.1 Å². The third kappa shape index (κ3) is 7.01. The zero-order chi connectivity index (χ0) is 31.8. The van der Waals surface area contributed by atoms with Crippen LogP contribution in [0.1, 0.15) is 58.2 Å². The number of rotatable bonds is 6. The van der Waals surface area contributed by atoms with E-state index in [1.54, 1.807) is 0 Å². The van der Waals surface area contributed by atoms with Gasteiger partial charge < -0.3 is 9.80 Å². The molecule has 226 valence electrons. The summed E-state index contributed by atoms with van der Waals surface area (Å²) in [5.74, 6) is 0. The molecule has 44 heavy (non-hydrogen) atoms.